The van der Waals surface area contributed by atoms with Crippen LogP contribution in [0.5, 0.6) is 0 Å². The number of hydrogen-bond donors (Lipinski definition) is 1. The third-order valence-electron chi connectivity index (χ3n) is 5.95. The van der Waals surface area contributed by atoms with E-state index in [0.717, 1.165) is 19.6 Å². The van der Waals surface area contributed by atoms with Crippen LogP contribution in [-0.2, 0) is 26.0 Å². The van der Waals surface area contributed by atoms with Crippen molar-refractivity contribution < 1.29 is 18.0 Å². The lowest BCUT2D eigenvalue weighted by atomic mass is 10.1. The molecule has 1 atom stereocenters. The van der Waals surface area contributed by atoms with Crippen LogP contribution in [0.4, 0.5) is 5.69 Å². The summed E-state index contributed by atoms with van der Waals surface area (Å²) in [7, 11) is -3.60. The maximum absolute atomic E-state index is 12.9. The van der Waals surface area contributed by atoms with Gasteiger partial charge in [0.1, 0.15) is 6.04 Å². The van der Waals surface area contributed by atoms with E-state index in [1.807, 2.05) is 0 Å². The molecule has 2 aliphatic rings. The topological polar surface area (TPSA) is 90.0 Å². The van der Waals surface area contributed by atoms with E-state index in [9.17, 15) is 18.0 Å². The number of amides is 2. The normalized spacial score (nSPS) is 19.3. The molecule has 0 bridgehead atoms. The van der Waals surface area contributed by atoms with Crippen LogP contribution in [0.3, 0.4) is 0 Å². The van der Waals surface area contributed by atoms with Crippen LogP contribution in [0.2, 0.25) is 0 Å². The summed E-state index contributed by atoms with van der Waals surface area (Å²) in [5, 5.41) is 2.95. The molecule has 2 heterocycles. The summed E-state index contributed by atoms with van der Waals surface area (Å²) in [6, 6.07) is 4.12. The molecule has 0 saturated carbocycles. The first-order chi connectivity index (χ1) is 14.3. The molecule has 1 aromatic rings. The molecule has 166 valence electrons. The minimum absolute atomic E-state index is 0.198. The van der Waals surface area contributed by atoms with Gasteiger partial charge < -0.3 is 10.2 Å². The van der Waals surface area contributed by atoms with E-state index in [1.165, 1.54) is 35.0 Å². The smallest absolute Gasteiger partial charge is 0.243 e. The van der Waals surface area contributed by atoms with Gasteiger partial charge in [-0.1, -0.05) is 13.8 Å². The molecule has 0 aromatic heterocycles. The van der Waals surface area contributed by atoms with Gasteiger partial charge in [-0.15, -0.1) is 0 Å². The molecule has 0 spiro atoms. The lowest BCUT2D eigenvalue weighted by Gasteiger charge is -2.24. The van der Waals surface area contributed by atoms with Gasteiger partial charge in [-0.25, -0.2) is 8.42 Å². The lowest BCUT2D eigenvalue weighted by Crippen LogP contribution is -2.48. The Bertz CT molecular complexity index is 892. The van der Waals surface area contributed by atoms with Crippen molar-refractivity contribution in [3.05, 3.63) is 23.8 Å². The zero-order valence-electron chi connectivity index (χ0n) is 18.1. The molecule has 1 aromatic carbocycles. The van der Waals surface area contributed by atoms with Gasteiger partial charge in [-0.3, -0.25) is 14.5 Å². The maximum Gasteiger partial charge on any atom is 0.243 e. The quantitative estimate of drug-likeness (QED) is 0.662. The number of carbonyl (C=O) groups excluding carboxylic acids is 2. The average molecular weight is 437 g/mol. The molecule has 2 aliphatic heterocycles. The molecule has 0 radical (unpaired) electrons. The standard InChI is InChI=1S/C21H32N4O4S/c1-4-24(5-2)30(28,29)18-8-9-19-17(14-18)15-20(25(19)16(3)26)21(27)22-10-13-23-11-6-7-12-23/h8-9,14,20H,4-7,10-13,15H2,1-3H3,(H,22,27)/t20-/m1/s1. The number of carbonyl (C=O) groups is 2. The van der Waals surface area contributed by atoms with Crippen molar-refractivity contribution in [2.24, 2.45) is 0 Å². The van der Waals surface area contributed by atoms with Gasteiger partial charge in [0.25, 0.3) is 0 Å². The van der Waals surface area contributed by atoms with E-state index in [4.69, 9.17) is 0 Å². The molecule has 0 unspecified atom stereocenters. The van der Waals surface area contributed by atoms with E-state index in [1.54, 1.807) is 26.0 Å². The van der Waals surface area contributed by atoms with Crippen molar-refractivity contribution in [2.45, 2.75) is 51.0 Å². The molecule has 30 heavy (non-hydrogen) atoms. The molecule has 1 N–H and O–H groups in total. The molecular formula is C21H32N4O4S. The van der Waals surface area contributed by atoms with Gasteiger partial charge in [0.2, 0.25) is 21.8 Å². The molecule has 0 aliphatic carbocycles. The van der Waals surface area contributed by atoms with Crippen molar-refractivity contribution in [2.75, 3.05) is 44.2 Å². The first-order valence-corrected chi connectivity index (χ1v) is 12.2. The second-order valence-corrected chi connectivity index (χ2v) is 9.77. The third kappa shape index (κ3) is 4.53. The number of benzene rings is 1. The highest BCUT2D eigenvalue weighted by Crippen LogP contribution is 2.34. The Morgan fingerprint density at radius 3 is 2.43 bits per heavy atom. The van der Waals surface area contributed by atoms with Crippen LogP contribution in [0, 0.1) is 0 Å². The summed E-state index contributed by atoms with van der Waals surface area (Å²) in [5.74, 6) is -0.429. The van der Waals surface area contributed by atoms with Crippen molar-refractivity contribution in [1.82, 2.24) is 14.5 Å². The van der Waals surface area contributed by atoms with Crippen LogP contribution >= 0.6 is 0 Å². The Morgan fingerprint density at radius 2 is 1.83 bits per heavy atom. The first-order valence-electron chi connectivity index (χ1n) is 10.7. The summed E-state index contributed by atoms with van der Waals surface area (Å²) in [6.07, 6.45) is 2.71. The number of fused-ring (bicyclic) bond motifs is 1. The van der Waals surface area contributed by atoms with Crippen molar-refractivity contribution in [1.29, 1.82) is 0 Å². The predicted molar refractivity (Wildman–Crippen MR) is 116 cm³/mol. The number of anilines is 1. The van der Waals surface area contributed by atoms with Gasteiger partial charge in [0.15, 0.2) is 0 Å². The maximum atomic E-state index is 12.9. The fraction of sp³-hybridized carbons (Fsp3) is 0.619. The van der Waals surface area contributed by atoms with Gasteiger partial charge in [-0.05, 0) is 49.7 Å². The Morgan fingerprint density at radius 1 is 1.17 bits per heavy atom. The molecule has 3 rings (SSSR count). The monoisotopic (exact) mass is 436 g/mol. The molecule has 8 nitrogen and oxygen atoms in total. The lowest BCUT2D eigenvalue weighted by molar-refractivity contribution is -0.125. The molecule has 2 amide bonds. The fourth-order valence-corrected chi connectivity index (χ4v) is 5.87. The van der Waals surface area contributed by atoms with Crippen LogP contribution in [0.25, 0.3) is 0 Å². The highest BCUT2D eigenvalue weighted by atomic mass is 32.2. The third-order valence-corrected chi connectivity index (χ3v) is 7.99. The van der Waals surface area contributed by atoms with Crippen molar-refractivity contribution >= 4 is 27.5 Å². The number of hydrogen-bond acceptors (Lipinski definition) is 5. The van der Waals surface area contributed by atoms with Crippen molar-refractivity contribution in [3.8, 4) is 0 Å². The predicted octanol–water partition coefficient (Wildman–Crippen LogP) is 1.21. The highest BCUT2D eigenvalue weighted by molar-refractivity contribution is 7.89. The Labute approximate surface area is 179 Å². The minimum atomic E-state index is -3.60. The van der Waals surface area contributed by atoms with E-state index in [2.05, 4.69) is 10.2 Å². The first kappa shape index (κ1) is 22.7. The van der Waals surface area contributed by atoms with Crippen LogP contribution in [0.15, 0.2) is 23.1 Å². The Balaban J connectivity index is 1.76. The second kappa shape index (κ2) is 9.45. The highest BCUT2D eigenvalue weighted by Gasteiger charge is 2.38. The largest absolute Gasteiger partial charge is 0.353 e. The number of nitrogens with one attached hydrogen (secondary N) is 1. The average Bonchev–Trinajstić information content (AvgIpc) is 3.35. The van der Waals surface area contributed by atoms with E-state index in [-0.39, 0.29) is 16.7 Å². The summed E-state index contributed by atoms with van der Waals surface area (Å²) in [6.45, 7) is 9.27. The zero-order valence-corrected chi connectivity index (χ0v) is 18.9. The molecule has 9 heteroatoms. The summed E-state index contributed by atoms with van der Waals surface area (Å²) in [5.41, 5.74) is 1.32. The summed E-state index contributed by atoms with van der Waals surface area (Å²) >= 11 is 0. The fourth-order valence-electron chi connectivity index (χ4n) is 4.36. The van der Waals surface area contributed by atoms with Gasteiger partial charge in [0, 0.05) is 45.2 Å². The summed E-state index contributed by atoms with van der Waals surface area (Å²) < 4.78 is 27.1. The molecular weight excluding hydrogens is 404 g/mol. The van der Waals surface area contributed by atoms with E-state index < -0.39 is 16.1 Å². The molecule has 1 fully saturated rings. The van der Waals surface area contributed by atoms with Gasteiger partial charge in [-0.2, -0.15) is 4.31 Å². The number of rotatable bonds is 8. The van der Waals surface area contributed by atoms with Gasteiger partial charge in [0.05, 0.1) is 4.90 Å². The van der Waals surface area contributed by atoms with E-state index in [0.29, 0.717) is 37.3 Å². The van der Waals surface area contributed by atoms with Crippen LogP contribution in [-0.4, -0.2) is 74.7 Å². The summed E-state index contributed by atoms with van der Waals surface area (Å²) in [4.78, 5) is 29.1. The number of nitrogens with zero attached hydrogens (tertiary/aromatic N) is 3. The number of sulfonamides is 1. The Hall–Kier alpha value is -1.97. The SMILES string of the molecule is CCN(CC)S(=O)(=O)c1ccc2c(c1)C[C@H](C(=O)NCCN1CCCC1)N2C(C)=O. The van der Waals surface area contributed by atoms with Crippen molar-refractivity contribution in [3.63, 3.8) is 0 Å². The van der Waals surface area contributed by atoms with Gasteiger partial charge >= 0.3 is 0 Å². The van der Waals surface area contributed by atoms with Crippen LogP contribution in [0.1, 0.15) is 39.2 Å². The second-order valence-electron chi connectivity index (χ2n) is 7.83. The molecule has 1 saturated heterocycles. The van der Waals surface area contributed by atoms with Crippen LogP contribution < -0.4 is 10.2 Å². The van der Waals surface area contributed by atoms with E-state index >= 15 is 0 Å². The number of likely N-dealkylation sites (tertiary alicyclic amines) is 1. The Kier molecular flexibility index (Phi) is 7.15. The minimum Gasteiger partial charge on any atom is -0.353 e. The zero-order chi connectivity index (χ0) is 21.9.